The van der Waals surface area contributed by atoms with Crippen molar-refractivity contribution >= 4 is 45.1 Å². The number of nitrogens with one attached hydrogen (secondary N) is 2. The Balaban J connectivity index is 1.34. The molecule has 0 saturated carbocycles. The molecular weight excluding hydrogens is 474 g/mol. The summed E-state index contributed by atoms with van der Waals surface area (Å²) in [5.41, 5.74) is 0. The zero-order valence-electron chi connectivity index (χ0n) is 18.7. The second-order valence-electron chi connectivity index (χ2n) is 8.77. The first-order valence-electron chi connectivity index (χ1n) is 11.4. The van der Waals surface area contributed by atoms with E-state index in [1.165, 1.54) is 16.2 Å². The first-order chi connectivity index (χ1) is 16.9. The summed E-state index contributed by atoms with van der Waals surface area (Å²) in [4.78, 5) is 53.2. The molecule has 2 saturated heterocycles. The predicted octanol–water partition coefficient (Wildman–Crippen LogP) is 0.696. The Labute approximate surface area is 204 Å². The highest BCUT2D eigenvalue weighted by atomic mass is 32.1. The lowest BCUT2D eigenvalue weighted by atomic mass is 9.99. The number of rotatable bonds is 4. The molecule has 0 bridgehead atoms. The Bertz CT molecular complexity index is 1160. The van der Waals surface area contributed by atoms with E-state index >= 15 is 0 Å². The van der Waals surface area contributed by atoms with Gasteiger partial charge in [0.15, 0.2) is 0 Å². The number of carbonyl (C=O) groups excluding carboxylic acids is 4. The van der Waals surface area contributed by atoms with Gasteiger partial charge in [0.05, 0.1) is 30.6 Å². The number of amides is 3. The van der Waals surface area contributed by atoms with E-state index in [1.54, 1.807) is 6.07 Å². The van der Waals surface area contributed by atoms with Crippen LogP contribution < -0.4 is 10.6 Å². The van der Waals surface area contributed by atoms with E-state index in [1.807, 2.05) is 36.4 Å². The molecule has 4 heterocycles. The molecule has 3 N–H and O–H groups in total. The number of carbonyl (C=O) groups is 4. The van der Waals surface area contributed by atoms with E-state index in [9.17, 15) is 24.3 Å². The fourth-order valence-corrected chi connectivity index (χ4v) is 5.57. The minimum atomic E-state index is -1.44. The quantitative estimate of drug-likeness (QED) is 0.416. The number of thiophene rings is 1. The summed E-state index contributed by atoms with van der Waals surface area (Å²) in [5.74, 6) is -1.90. The molecular formula is C24H25N3O7S. The van der Waals surface area contributed by atoms with Gasteiger partial charge in [-0.2, -0.15) is 0 Å². The van der Waals surface area contributed by atoms with Crippen LogP contribution in [0.5, 0.6) is 0 Å². The first-order valence-corrected chi connectivity index (χ1v) is 12.2. The van der Waals surface area contributed by atoms with Crippen LogP contribution in [0.25, 0.3) is 10.1 Å². The number of fused-ring (bicyclic) bond motifs is 2. The molecule has 2 aromatic rings. The van der Waals surface area contributed by atoms with Crippen molar-refractivity contribution in [3.8, 4) is 0 Å². The molecule has 5 atom stereocenters. The number of aliphatic hydroxyl groups is 1. The van der Waals surface area contributed by atoms with Crippen molar-refractivity contribution in [2.24, 2.45) is 0 Å². The van der Waals surface area contributed by atoms with Gasteiger partial charge in [0.2, 0.25) is 18.1 Å². The maximum atomic E-state index is 13.7. The summed E-state index contributed by atoms with van der Waals surface area (Å²) in [6, 6.07) is 6.33. The first kappa shape index (κ1) is 23.5. The van der Waals surface area contributed by atoms with Crippen LogP contribution in [0, 0.1) is 0 Å². The van der Waals surface area contributed by atoms with Crippen LogP contribution in [-0.2, 0) is 23.9 Å². The molecule has 1 aromatic carbocycles. The average molecular weight is 500 g/mol. The van der Waals surface area contributed by atoms with Crippen LogP contribution in [0.15, 0.2) is 42.5 Å². The molecule has 3 aliphatic heterocycles. The number of ether oxygens (including phenoxy) is 2. The van der Waals surface area contributed by atoms with Crippen molar-refractivity contribution < 1.29 is 33.8 Å². The van der Waals surface area contributed by atoms with Gasteiger partial charge in [-0.05, 0) is 30.4 Å². The van der Waals surface area contributed by atoms with E-state index in [0.29, 0.717) is 11.3 Å². The van der Waals surface area contributed by atoms with Gasteiger partial charge in [-0.15, -0.1) is 11.3 Å². The van der Waals surface area contributed by atoms with Crippen LogP contribution in [0.2, 0.25) is 0 Å². The smallest absolute Gasteiger partial charge is 0.310 e. The number of hydrogen-bond donors (Lipinski definition) is 3. The fraction of sp³-hybridized carbons (Fsp3) is 0.417. The van der Waals surface area contributed by atoms with Gasteiger partial charge in [0.1, 0.15) is 18.1 Å². The fourth-order valence-electron chi connectivity index (χ4n) is 4.60. The summed E-state index contributed by atoms with van der Waals surface area (Å²) in [7, 11) is 0. The van der Waals surface area contributed by atoms with Crippen LogP contribution in [0.3, 0.4) is 0 Å². The molecule has 0 radical (unpaired) electrons. The van der Waals surface area contributed by atoms with E-state index < -0.39 is 42.3 Å². The lowest BCUT2D eigenvalue weighted by molar-refractivity contribution is -0.159. The van der Waals surface area contributed by atoms with Crippen molar-refractivity contribution in [3.05, 3.63) is 47.4 Å². The maximum Gasteiger partial charge on any atom is 0.310 e. The molecule has 0 aliphatic carbocycles. The molecule has 2 unspecified atom stereocenters. The molecule has 3 aliphatic rings. The number of aliphatic hydroxyl groups excluding tert-OH is 1. The highest BCUT2D eigenvalue weighted by Gasteiger charge is 2.44. The lowest BCUT2D eigenvalue weighted by Crippen LogP contribution is -2.65. The summed E-state index contributed by atoms with van der Waals surface area (Å²) >= 11 is 1.35. The topological polar surface area (TPSA) is 134 Å². The van der Waals surface area contributed by atoms with Gasteiger partial charge in [-0.25, -0.2) is 0 Å². The number of hydrogen-bond acceptors (Lipinski definition) is 8. The number of benzene rings is 1. The summed E-state index contributed by atoms with van der Waals surface area (Å²) in [6.07, 6.45) is 2.96. The lowest BCUT2D eigenvalue weighted by Gasteiger charge is -2.43. The van der Waals surface area contributed by atoms with E-state index in [0.717, 1.165) is 10.1 Å². The molecule has 35 heavy (non-hydrogen) atoms. The summed E-state index contributed by atoms with van der Waals surface area (Å²) in [6.45, 7) is 0.219. The van der Waals surface area contributed by atoms with E-state index in [4.69, 9.17) is 4.74 Å². The minimum absolute atomic E-state index is 0.0353. The molecule has 3 amide bonds. The van der Waals surface area contributed by atoms with Crippen molar-refractivity contribution in [1.29, 1.82) is 0 Å². The minimum Gasteiger partial charge on any atom is -0.434 e. The van der Waals surface area contributed by atoms with Gasteiger partial charge in [0.25, 0.3) is 5.91 Å². The monoisotopic (exact) mass is 499 g/mol. The van der Waals surface area contributed by atoms with Crippen molar-refractivity contribution in [1.82, 2.24) is 15.5 Å². The largest absolute Gasteiger partial charge is 0.434 e. The predicted molar refractivity (Wildman–Crippen MR) is 125 cm³/mol. The van der Waals surface area contributed by atoms with Crippen LogP contribution in [0.4, 0.5) is 0 Å². The summed E-state index contributed by atoms with van der Waals surface area (Å²) < 4.78 is 11.3. The van der Waals surface area contributed by atoms with Crippen molar-refractivity contribution in [3.63, 3.8) is 0 Å². The van der Waals surface area contributed by atoms with Gasteiger partial charge in [-0.1, -0.05) is 30.4 Å². The zero-order chi connectivity index (χ0) is 24.5. The molecule has 5 rings (SSSR count). The summed E-state index contributed by atoms with van der Waals surface area (Å²) in [5, 5.41) is 16.2. The Morgan fingerprint density at radius 3 is 2.66 bits per heavy atom. The highest BCUT2D eigenvalue weighted by molar-refractivity contribution is 7.20. The Morgan fingerprint density at radius 1 is 1.09 bits per heavy atom. The second-order valence-corrected chi connectivity index (χ2v) is 9.85. The second kappa shape index (κ2) is 9.76. The normalized spacial score (nSPS) is 29.6. The number of cyclic esters (lactones) is 1. The molecule has 2 fully saturated rings. The SMILES string of the molecule is O=C1CC(NC(=O)[C@@H]2COC[C@@H]3C/C=C\C[C@H](NC(=O)c4cc5ccccc5s4)C(=O)N32)C(O)O1. The highest BCUT2D eigenvalue weighted by Crippen LogP contribution is 2.26. The Kier molecular flexibility index (Phi) is 6.54. The molecule has 10 nitrogen and oxygen atoms in total. The molecule has 184 valence electrons. The van der Waals surface area contributed by atoms with E-state index in [-0.39, 0.29) is 37.9 Å². The van der Waals surface area contributed by atoms with Gasteiger partial charge in [-0.3, -0.25) is 19.2 Å². The molecule has 0 spiro atoms. The van der Waals surface area contributed by atoms with Crippen molar-refractivity contribution in [2.45, 2.75) is 49.7 Å². The van der Waals surface area contributed by atoms with Crippen LogP contribution in [0.1, 0.15) is 28.9 Å². The maximum absolute atomic E-state index is 13.7. The van der Waals surface area contributed by atoms with Gasteiger partial charge in [0, 0.05) is 4.70 Å². The third-order valence-corrected chi connectivity index (χ3v) is 7.50. The third-order valence-electron chi connectivity index (χ3n) is 6.38. The Hall–Kier alpha value is -3.28. The average Bonchev–Trinajstić information content (AvgIpc) is 3.41. The van der Waals surface area contributed by atoms with Gasteiger partial charge < -0.3 is 30.1 Å². The van der Waals surface area contributed by atoms with E-state index in [2.05, 4.69) is 15.4 Å². The standard InChI is InChI=1S/C24H25N3O7S/c28-20-10-16(24(32)34-20)26-21(29)17-12-33-11-14-6-2-3-7-15(23(31)27(14)17)25-22(30)19-9-13-5-1-4-8-18(13)35-19/h1-5,8-9,14-17,24,32H,6-7,10-12H2,(H,25,30)(H,26,29)/b3-2-/t14-,15-,16?,17-,24?/m0/s1. The molecule has 1 aromatic heterocycles. The van der Waals surface area contributed by atoms with Crippen LogP contribution >= 0.6 is 11.3 Å². The number of morpholine rings is 1. The number of esters is 1. The molecule has 11 heteroatoms. The Morgan fingerprint density at radius 2 is 1.89 bits per heavy atom. The third kappa shape index (κ3) is 4.79. The zero-order valence-corrected chi connectivity index (χ0v) is 19.5. The van der Waals surface area contributed by atoms with Crippen LogP contribution in [-0.4, -0.2) is 77.4 Å². The van der Waals surface area contributed by atoms with Crippen molar-refractivity contribution in [2.75, 3.05) is 13.2 Å². The number of nitrogens with zero attached hydrogens (tertiary/aromatic N) is 1. The van der Waals surface area contributed by atoms with Gasteiger partial charge >= 0.3 is 5.97 Å².